The lowest BCUT2D eigenvalue weighted by Crippen LogP contribution is -2.16. The minimum Gasteiger partial charge on any atom is -0.310 e. The normalized spacial score (nSPS) is 12.8. The van der Waals surface area contributed by atoms with Gasteiger partial charge in [-0.15, -0.1) is 0 Å². The Kier molecular flexibility index (Phi) is 7.91. The van der Waals surface area contributed by atoms with Crippen LogP contribution in [0.25, 0.3) is 76.8 Å². The quantitative estimate of drug-likeness (QED) is 0.154. The van der Waals surface area contributed by atoms with Crippen LogP contribution in [0.1, 0.15) is 25.0 Å². The molecule has 11 rings (SSSR count). The highest BCUT2D eigenvalue weighted by atomic mass is 15.1. The maximum atomic E-state index is 2.49. The molecule has 0 atom stereocenters. The van der Waals surface area contributed by atoms with Crippen molar-refractivity contribution in [3.63, 3.8) is 0 Å². The Morgan fingerprint density at radius 3 is 1.38 bits per heavy atom. The average Bonchev–Trinajstić information content (AvgIpc) is 3.50. The summed E-state index contributed by atoms with van der Waals surface area (Å²) in [6.07, 6.45) is 0. The third-order valence-corrected chi connectivity index (χ3v) is 12.4. The predicted molar refractivity (Wildman–Crippen MR) is 248 cm³/mol. The largest absolute Gasteiger partial charge is 0.310 e. The van der Waals surface area contributed by atoms with Crippen LogP contribution in [-0.4, -0.2) is 0 Å². The standard InChI is InChI=1S/C57H41N/c1-57(2)53-36-43(29-31-47(53)48-32-30-46(37-54(48)57)58(44-23-8-4-9-24-44)45-25-10-5-11-26-45)56-50-28-15-14-27-49(50)55(51-34-40-19-12-13-20-41(40)35-52(51)56)42-22-16-21-39(33-42)38-17-6-3-7-18-38/h3-37H,1-2H3. The molecule has 274 valence electrons. The van der Waals surface area contributed by atoms with Crippen molar-refractivity contribution >= 4 is 49.4 Å². The van der Waals surface area contributed by atoms with Gasteiger partial charge in [-0.3, -0.25) is 0 Å². The Labute approximate surface area is 340 Å². The molecule has 0 fully saturated rings. The summed E-state index contributed by atoms with van der Waals surface area (Å²) in [6.45, 7) is 4.79. The highest BCUT2D eigenvalue weighted by molar-refractivity contribution is 6.23. The molecule has 0 saturated carbocycles. The third kappa shape index (κ3) is 5.46. The lowest BCUT2D eigenvalue weighted by Gasteiger charge is -2.28. The number of para-hydroxylation sites is 2. The van der Waals surface area contributed by atoms with E-state index in [4.69, 9.17) is 0 Å². The predicted octanol–water partition coefficient (Wildman–Crippen LogP) is 15.9. The summed E-state index contributed by atoms with van der Waals surface area (Å²) in [5.74, 6) is 0. The van der Waals surface area contributed by atoms with Crippen molar-refractivity contribution in [3.8, 4) is 44.5 Å². The zero-order valence-electron chi connectivity index (χ0n) is 32.7. The van der Waals surface area contributed by atoms with E-state index >= 15 is 0 Å². The fraction of sp³-hybridized carbons (Fsp3) is 0.0526. The summed E-state index contributed by atoms with van der Waals surface area (Å²) in [4.78, 5) is 2.37. The number of benzene rings is 10. The van der Waals surface area contributed by atoms with Crippen LogP contribution in [0.15, 0.2) is 212 Å². The van der Waals surface area contributed by atoms with Crippen LogP contribution in [0.3, 0.4) is 0 Å². The molecule has 0 N–H and O–H groups in total. The molecule has 0 spiro atoms. The fourth-order valence-corrected chi connectivity index (χ4v) is 9.59. The highest BCUT2D eigenvalue weighted by Crippen LogP contribution is 2.53. The van der Waals surface area contributed by atoms with Crippen LogP contribution in [0.2, 0.25) is 0 Å². The second-order valence-corrected chi connectivity index (χ2v) is 16.1. The highest BCUT2D eigenvalue weighted by Gasteiger charge is 2.36. The molecule has 0 amide bonds. The van der Waals surface area contributed by atoms with E-state index in [1.54, 1.807) is 0 Å². The maximum Gasteiger partial charge on any atom is 0.0465 e. The van der Waals surface area contributed by atoms with E-state index in [2.05, 4.69) is 231 Å². The molecule has 1 aliphatic carbocycles. The van der Waals surface area contributed by atoms with E-state index in [-0.39, 0.29) is 5.41 Å². The first kappa shape index (κ1) is 34.1. The third-order valence-electron chi connectivity index (χ3n) is 12.4. The zero-order chi connectivity index (χ0) is 38.8. The fourth-order valence-electron chi connectivity index (χ4n) is 9.59. The monoisotopic (exact) mass is 739 g/mol. The molecule has 0 bridgehead atoms. The van der Waals surface area contributed by atoms with Crippen LogP contribution in [0.4, 0.5) is 17.1 Å². The van der Waals surface area contributed by atoms with E-state index in [1.807, 2.05) is 0 Å². The van der Waals surface area contributed by atoms with Gasteiger partial charge in [0.2, 0.25) is 0 Å². The van der Waals surface area contributed by atoms with Crippen LogP contribution >= 0.6 is 0 Å². The van der Waals surface area contributed by atoms with Crippen LogP contribution < -0.4 is 4.90 Å². The SMILES string of the molecule is CC1(C)c2cc(-c3c4ccccc4c(-c4cccc(-c5ccccc5)c4)c4cc5ccccc5cc34)ccc2-c2ccc(N(c3ccccc3)c3ccccc3)cc21. The smallest absolute Gasteiger partial charge is 0.0465 e. The molecule has 0 radical (unpaired) electrons. The van der Waals surface area contributed by atoms with Crippen molar-refractivity contribution in [3.05, 3.63) is 223 Å². The molecule has 0 heterocycles. The first-order valence-corrected chi connectivity index (χ1v) is 20.3. The molecule has 0 aliphatic heterocycles. The summed E-state index contributed by atoms with van der Waals surface area (Å²) in [6, 6.07) is 78.1. The van der Waals surface area contributed by atoms with Gasteiger partial charge in [-0.1, -0.05) is 166 Å². The van der Waals surface area contributed by atoms with E-state index < -0.39 is 0 Å². The summed E-state index contributed by atoms with van der Waals surface area (Å²) >= 11 is 0. The number of rotatable bonds is 6. The summed E-state index contributed by atoms with van der Waals surface area (Å²) < 4.78 is 0. The number of fused-ring (bicyclic) bond motifs is 6. The lowest BCUT2D eigenvalue weighted by molar-refractivity contribution is 0.660. The van der Waals surface area contributed by atoms with Gasteiger partial charge < -0.3 is 4.90 Å². The first-order chi connectivity index (χ1) is 28.5. The van der Waals surface area contributed by atoms with Crippen molar-refractivity contribution < 1.29 is 0 Å². The van der Waals surface area contributed by atoms with Gasteiger partial charge >= 0.3 is 0 Å². The van der Waals surface area contributed by atoms with E-state index in [0.717, 1.165) is 17.1 Å². The maximum absolute atomic E-state index is 2.49. The summed E-state index contributed by atoms with van der Waals surface area (Å²) in [7, 11) is 0. The van der Waals surface area contributed by atoms with Gasteiger partial charge in [-0.2, -0.15) is 0 Å². The van der Waals surface area contributed by atoms with Crippen LogP contribution in [0, 0.1) is 0 Å². The second-order valence-electron chi connectivity index (χ2n) is 16.1. The van der Waals surface area contributed by atoms with Gasteiger partial charge in [0.15, 0.2) is 0 Å². The molecule has 0 saturated heterocycles. The van der Waals surface area contributed by atoms with Crippen LogP contribution in [-0.2, 0) is 5.41 Å². The van der Waals surface area contributed by atoms with Crippen molar-refractivity contribution in [2.75, 3.05) is 4.90 Å². The van der Waals surface area contributed by atoms with Gasteiger partial charge in [-0.05, 0) is 149 Å². The molecule has 1 nitrogen and oxygen atoms in total. The van der Waals surface area contributed by atoms with Gasteiger partial charge in [0.25, 0.3) is 0 Å². The van der Waals surface area contributed by atoms with Gasteiger partial charge in [-0.25, -0.2) is 0 Å². The van der Waals surface area contributed by atoms with Crippen molar-refractivity contribution in [1.82, 2.24) is 0 Å². The molecule has 1 heteroatoms. The number of hydrogen-bond donors (Lipinski definition) is 0. The van der Waals surface area contributed by atoms with Crippen molar-refractivity contribution in [1.29, 1.82) is 0 Å². The molecule has 0 aromatic heterocycles. The molecule has 58 heavy (non-hydrogen) atoms. The van der Waals surface area contributed by atoms with Gasteiger partial charge in [0.1, 0.15) is 0 Å². The molecule has 10 aromatic rings. The Bertz CT molecular complexity index is 3140. The van der Waals surface area contributed by atoms with Crippen LogP contribution in [0.5, 0.6) is 0 Å². The number of anilines is 3. The summed E-state index contributed by atoms with van der Waals surface area (Å²) in [5, 5.41) is 7.57. The molecule has 1 aliphatic rings. The molecule has 0 unspecified atom stereocenters. The number of hydrogen-bond acceptors (Lipinski definition) is 1. The van der Waals surface area contributed by atoms with Crippen molar-refractivity contribution in [2.24, 2.45) is 0 Å². The van der Waals surface area contributed by atoms with Gasteiger partial charge in [0, 0.05) is 22.5 Å². The molecule has 10 aromatic carbocycles. The Hall–Kier alpha value is -7.22. The Morgan fingerprint density at radius 2 is 0.776 bits per heavy atom. The van der Waals surface area contributed by atoms with E-state index in [0.29, 0.717) is 0 Å². The Balaban J connectivity index is 1.11. The minimum atomic E-state index is -0.216. The lowest BCUT2D eigenvalue weighted by atomic mass is 9.80. The second kappa shape index (κ2) is 13.5. The first-order valence-electron chi connectivity index (χ1n) is 20.3. The topological polar surface area (TPSA) is 3.24 Å². The zero-order valence-corrected chi connectivity index (χ0v) is 32.7. The molecular weight excluding hydrogens is 699 g/mol. The number of nitrogens with zero attached hydrogens (tertiary/aromatic N) is 1. The Morgan fingerprint density at radius 1 is 0.310 bits per heavy atom. The van der Waals surface area contributed by atoms with Gasteiger partial charge in [0.05, 0.1) is 0 Å². The minimum absolute atomic E-state index is 0.216. The van der Waals surface area contributed by atoms with Crippen molar-refractivity contribution in [2.45, 2.75) is 19.3 Å². The van der Waals surface area contributed by atoms with E-state index in [9.17, 15) is 0 Å². The molecular formula is C57H41N. The average molecular weight is 740 g/mol. The summed E-state index contributed by atoms with van der Waals surface area (Å²) in [5.41, 5.74) is 16.1. The van der Waals surface area contributed by atoms with E-state index in [1.165, 1.54) is 88.0 Å².